The SMILES string of the molecule is Cc1cncc([C@@H]2CCCN2C(=O)c2ccc3n[nH]nc3c2)n1. The first-order valence-corrected chi connectivity index (χ1v) is 7.62. The summed E-state index contributed by atoms with van der Waals surface area (Å²) in [4.78, 5) is 23.5. The number of rotatable bonds is 2. The van der Waals surface area contributed by atoms with Gasteiger partial charge in [0.1, 0.15) is 11.0 Å². The zero-order chi connectivity index (χ0) is 15.8. The van der Waals surface area contributed by atoms with E-state index in [1.807, 2.05) is 17.9 Å². The Balaban J connectivity index is 1.66. The maximum absolute atomic E-state index is 12.9. The number of aromatic amines is 1. The van der Waals surface area contributed by atoms with Crippen molar-refractivity contribution in [1.82, 2.24) is 30.3 Å². The Morgan fingerprint density at radius 1 is 1.26 bits per heavy atom. The maximum Gasteiger partial charge on any atom is 0.254 e. The Hall–Kier alpha value is -2.83. The smallest absolute Gasteiger partial charge is 0.254 e. The largest absolute Gasteiger partial charge is 0.330 e. The summed E-state index contributed by atoms with van der Waals surface area (Å²) in [7, 11) is 0. The number of H-pyrrole nitrogens is 1. The summed E-state index contributed by atoms with van der Waals surface area (Å²) in [6.45, 7) is 2.64. The molecule has 0 aliphatic carbocycles. The van der Waals surface area contributed by atoms with Gasteiger partial charge in [0.25, 0.3) is 5.91 Å². The first kappa shape index (κ1) is 13.8. The van der Waals surface area contributed by atoms with E-state index >= 15 is 0 Å². The molecule has 116 valence electrons. The molecule has 23 heavy (non-hydrogen) atoms. The third kappa shape index (κ3) is 2.44. The second-order valence-corrected chi connectivity index (χ2v) is 5.77. The third-order valence-corrected chi connectivity index (χ3v) is 4.19. The number of aryl methyl sites for hydroxylation is 1. The summed E-state index contributed by atoms with van der Waals surface area (Å²) in [6.07, 6.45) is 5.36. The van der Waals surface area contributed by atoms with Crippen LogP contribution in [0.2, 0.25) is 0 Å². The normalized spacial score (nSPS) is 17.8. The minimum absolute atomic E-state index is 0.000654. The van der Waals surface area contributed by atoms with Gasteiger partial charge in [-0.15, -0.1) is 0 Å². The van der Waals surface area contributed by atoms with E-state index in [4.69, 9.17) is 0 Å². The molecule has 7 heteroatoms. The van der Waals surface area contributed by atoms with Crippen molar-refractivity contribution in [2.45, 2.75) is 25.8 Å². The van der Waals surface area contributed by atoms with E-state index in [0.717, 1.165) is 36.3 Å². The van der Waals surface area contributed by atoms with Gasteiger partial charge in [0.05, 0.1) is 23.6 Å². The van der Waals surface area contributed by atoms with Crippen LogP contribution in [0.15, 0.2) is 30.6 Å². The highest BCUT2D eigenvalue weighted by atomic mass is 16.2. The summed E-state index contributed by atoms with van der Waals surface area (Å²) in [6, 6.07) is 5.37. The van der Waals surface area contributed by atoms with Gasteiger partial charge >= 0.3 is 0 Å². The molecule has 2 aromatic heterocycles. The van der Waals surface area contributed by atoms with E-state index in [-0.39, 0.29) is 11.9 Å². The van der Waals surface area contributed by atoms with E-state index in [0.29, 0.717) is 11.1 Å². The maximum atomic E-state index is 12.9. The van der Waals surface area contributed by atoms with E-state index in [1.54, 1.807) is 24.5 Å². The second kappa shape index (κ2) is 5.42. The molecule has 1 fully saturated rings. The molecule has 0 spiro atoms. The molecule has 1 amide bonds. The molecule has 0 unspecified atom stereocenters. The molecule has 1 saturated heterocycles. The molecular weight excluding hydrogens is 292 g/mol. The van der Waals surface area contributed by atoms with Crippen LogP contribution in [0.5, 0.6) is 0 Å². The van der Waals surface area contributed by atoms with Crippen molar-refractivity contribution in [1.29, 1.82) is 0 Å². The van der Waals surface area contributed by atoms with Gasteiger partial charge in [-0.3, -0.25) is 14.8 Å². The average molecular weight is 308 g/mol. The molecule has 4 rings (SSSR count). The van der Waals surface area contributed by atoms with Crippen LogP contribution >= 0.6 is 0 Å². The summed E-state index contributed by atoms with van der Waals surface area (Å²) >= 11 is 0. The minimum Gasteiger partial charge on any atom is -0.330 e. The Morgan fingerprint density at radius 3 is 3.00 bits per heavy atom. The van der Waals surface area contributed by atoms with E-state index in [2.05, 4.69) is 25.4 Å². The van der Waals surface area contributed by atoms with Crippen LogP contribution in [0.1, 0.15) is 40.6 Å². The van der Waals surface area contributed by atoms with Gasteiger partial charge in [-0.2, -0.15) is 15.4 Å². The van der Waals surface area contributed by atoms with E-state index < -0.39 is 0 Å². The molecule has 1 aromatic carbocycles. The zero-order valence-corrected chi connectivity index (χ0v) is 12.7. The van der Waals surface area contributed by atoms with Crippen molar-refractivity contribution >= 4 is 16.9 Å². The number of benzene rings is 1. The fraction of sp³-hybridized carbons (Fsp3) is 0.312. The fourth-order valence-electron chi connectivity index (χ4n) is 3.10. The first-order valence-electron chi connectivity index (χ1n) is 7.62. The van der Waals surface area contributed by atoms with Gasteiger partial charge in [0.15, 0.2) is 0 Å². The molecule has 7 nitrogen and oxygen atoms in total. The van der Waals surface area contributed by atoms with E-state index in [9.17, 15) is 4.79 Å². The number of amides is 1. The number of hydrogen-bond acceptors (Lipinski definition) is 5. The van der Waals surface area contributed by atoms with Crippen molar-refractivity contribution in [3.8, 4) is 0 Å². The minimum atomic E-state index is -0.0112. The lowest BCUT2D eigenvalue weighted by molar-refractivity contribution is 0.0732. The number of fused-ring (bicyclic) bond motifs is 1. The summed E-state index contributed by atoms with van der Waals surface area (Å²) in [5.41, 5.74) is 3.80. The van der Waals surface area contributed by atoms with Crippen LogP contribution in [0.4, 0.5) is 0 Å². The van der Waals surface area contributed by atoms with Crippen LogP contribution < -0.4 is 0 Å². The molecule has 3 aromatic rings. The highest BCUT2D eigenvalue weighted by Crippen LogP contribution is 2.32. The number of nitrogens with one attached hydrogen (secondary N) is 1. The summed E-state index contributed by atoms with van der Waals surface area (Å²) < 4.78 is 0. The second-order valence-electron chi connectivity index (χ2n) is 5.77. The number of hydrogen-bond donors (Lipinski definition) is 1. The van der Waals surface area contributed by atoms with Crippen LogP contribution in [0, 0.1) is 6.92 Å². The van der Waals surface area contributed by atoms with Crippen LogP contribution in [-0.2, 0) is 0 Å². The summed E-state index contributed by atoms with van der Waals surface area (Å²) in [5.74, 6) is 0.000654. The molecule has 0 saturated carbocycles. The summed E-state index contributed by atoms with van der Waals surface area (Å²) in [5, 5.41) is 10.6. The number of carbonyl (C=O) groups excluding carboxylic acids is 1. The molecule has 1 N–H and O–H groups in total. The Morgan fingerprint density at radius 2 is 2.13 bits per heavy atom. The molecule has 3 heterocycles. The van der Waals surface area contributed by atoms with Crippen molar-refractivity contribution < 1.29 is 4.79 Å². The predicted molar refractivity (Wildman–Crippen MR) is 83.7 cm³/mol. The monoisotopic (exact) mass is 308 g/mol. The number of aromatic nitrogens is 5. The van der Waals surface area contributed by atoms with Gasteiger partial charge in [-0.25, -0.2) is 0 Å². The van der Waals surface area contributed by atoms with Crippen LogP contribution in [-0.4, -0.2) is 42.7 Å². The zero-order valence-electron chi connectivity index (χ0n) is 12.7. The van der Waals surface area contributed by atoms with Gasteiger partial charge in [-0.05, 0) is 38.0 Å². The quantitative estimate of drug-likeness (QED) is 0.782. The van der Waals surface area contributed by atoms with Gasteiger partial charge in [0, 0.05) is 18.3 Å². The number of likely N-dealkylation sites (tertiary alicyclic amines) is 1. The molecule has 1 atom stereocenters. The van der Waals surface area contributed by atoms with E-state index in [1.165, 1.54) is 0 Å². The highest BCUT2D eigenvalue weighted by Gasteiger charge is 2.32. The molecule has 0 radical (unpaired) electrons. The lowest BCUT2D eigenvalue weighted by Gasteiger charge is -2.24. The first-order chi connectivity index (χ1) is 11.2. The van der Waals surface area contributed by atoms with Crippen LogP contribution in [0.25, 0.3) is 11.0 Å². The lowest BCUT2D eigenvalue weighted by atomic mass is 10.1. The van der Waals surface area contributed by atoms with Crippen molar-refractivity contribution in [3.05, 3.63) is 47.5 Å². The predicted octanol–water partition coefficient (Wildman–Crippen LogP) is 2.03. The van der Waals surface area contributed by atoms with Crippen molar-refractivity contribution in [2.75, 3.05) is 6.54 Å². The molecular formula is C16H16N6O. The lowest BCUT2D eigenvalue weighted by Crippen LogP contribution is -2.31. The Labute approximate surface area is 132 Å². The number of carbonyl (C=O) groups is 1. The van der Waals surface area contributed by atoms with Gasteiger partial charge in [-0.1, -0.05) is 0 Å². The van der Waals surface area contributed by atoms with Gasteiger partial charge in [0.2, 0.25) is 0 Å². The molecule has 1 aliphatic rings. The van der Waals surface area contributed by atoms with Crippen molar-refractivity contribution in [2.24, 2.45) is 0 Å². The van der Waals surface area contributed by atoms with Gasteiger partial charge < -0.3 is 4.90 Å². The fourth-order valence-corrected chi connectivity index (χ4v) is 3.10. The Kier molecular flexibility index (Phi) is 3.25. The third-order valence-electron chi connectivity index (χ3n) is 4.19. The highest BCUT2D eigenvalue weighted by molar-refractivity contribution is 5.97. The number of nitrogens with zero attached hydrogens (tertiary/aromatic N) is 5. The Bertz CT molecular complexity index is 874. The van der Waals surface area contributed by atoms with Crippen molar-refractivity contribution in [3.63, 3.8) is 0 Å². The molecule has 0 bridgehead atoms. The standard InChI is InChI=1S/C16H16N6O/c1-10-8-17-9-14(18-10)15-3-2-6-22(15)16(23)11-4-5-12-13(7-11)20-21-19-12/h4-5,7-9,15H,2-3,6H2,1H3,(H,19,20,21)/t15-/m0/s1. The molecule has 1 aliphatic heterocycles. The topological polar surface area (TPSA) is 87.7 Å². The average Bonchev–Trinajstić information content (AvgIpc) is 3.22. The van der Waals surface area contributed by atoms with Crippen LogP contribution in [0.3, 0.4) is 0 Å².